The number of nitriles is 1. The molecule has 3 nitrogen and oxygen atoms in total. The molecular formula is C16H23N3. The molecule has 1 atom stereocenters. The summed E-state index contributed by atoms with van der Waals surface area (Å²) in [5.74, 6) is 0. The summed E-state index contributed by atoms with van der Waals surface area (Å²) in [5.41, 5.74) is 2.79. The summed E-state index contributed by atoms with van der Waals surface area (Å²) in [6.45, 7) is 5.99. The average molecular weight is 257 g/mol. The Morgan fingerprint density at radius 3 is 2.95 bits per heavy atom. The summed E-state index contributed by atoms with van der Waals surface area (Å²) >= 11 is 0. The van der Waals surface area contributed by atoms with Crippen molar-refractivity contribution >= 4 is 0 Å². The van der Waals surface area contributed by atoms with Crippen molar-refractivity contribution in [2.75, 3.05) is 26.7 Å². The van der Waals surface area contributed by atoms with Gasteiger partial charge in [0.1, 0.15) is 0 Å². The Morgan fingerprint density at radius 2 is 2.21 bits per heavy atom. The van der Waals surface area contributed by atoms with E-state index in [2.05, 4.69) is 54.1 Å². The Bertz CT molecular complexity index is 450. The molecule has 0 aliphatic carbocycles. The van der Waals surface area contributed by atoms with Crippen LogP contribution in [0, 0.1) is 18.3 Å². The van der Waals surface area contributed by atoms with E-state index in [-0.39, 0.29) is 0 Å². The normalized spacial score (nSPS) is 20.4. The van der Waals surface area contributed by atoms with Crippen LogP contribution in [0.3, 0.4) is 0 Å². The third kappa shape index (κ3) is 3.79. The molecule has 0 spiro atoms. The fraction of sp³-hybridized carbons (Fsp3) is 0.562. The molecule has 0 amide bonds. The molecular weight excluding hydrogens is 234 g/mol. The van der Waals surface area contributed by atoms with Gasteiger partial charge in [0, 0.05) is 19.1 Å². The van der Waals surface area contributed by atoms with E-state index < -0.39 is 0 Å². The summed E-state index contributed by atoms with van der Waals surface area (Å²) in [5, 5.41) is 8.80. The van der Waals surface area contributed by atoms with E-state index in [1.165, 1.54) is 30.5 Å². The maximum absolute atomic E-state index is 8.80. The van der Waals surface area contributed by atoms with Gasteiger partial charge in [0.25, 0.3) is 0 Å². The lowest BCUT2D eigenvalue weighted by Gasteiger charge is -2.37. The van der Waals surface area contributed by atoms with Crippen molar-refractivity contribution in [3.63, 3.8) is 0 Å². The highest BCUT2D eigenvalue weighted by molar-refractivity contribution is 5.25. The van der Waals surface area contributed by atoms with Crippen molar-refractivity contribution in [3.8, 4) is 6.07 Å². The first-order valence-corrected chi connectivity index (χ1v) is 7.04. The zero-order valence-electron chi connectivity index (χ0n) is 12.0. The fourth-order valence-electron chi connectivity index (χ4n) is 2.80. The van der Waals surface area contributed by atoms with Crippen LogP contribution in [-0.4, -0.2) is 42.5 Å². The summed E-state index contributed by atoms with van der Waals surface area (Å²) in [6, 6.07) is 11.4. The zero-order chi connectivity index (χ0) is 13.7. The van der Waals surface area contributed by atoms with Crippen molar-refractivity contribution in [3.05, 3.63) is 35.4 Å². The quantitative estimate of drug-likeness (QED) is 0.776. The van der Waals surface area contributed by atoms with Gasteiger partial charge in [0.05, 0.1) is 12.6 Å². The summed E-state index contributed by atoms with van der Waals surface area (Å²) < 4.78 is 0. The summed E-state index contributed by atoms with van der Waals surface area (Å²) in [4.78, 5) is 4.70. The Labute approximate surface area is 116 Å². The van der Waals surface area contributed by atoms with Crippen molar-refractivity contribution in [2.45, 2.75) is 32.4 Å². The van der Waals surface area contributed by atoms with Gasteiger partial charge in [-0.15, -0.1) is 0 Å². The standard InChI is InChI=1S/C16H23N3/c1-14-6-3-4-7-15(14)12-19-10-5-8-16(13-19)18(2)11-9-17/h3-4,6-7,16H,5,8,10-13H2,1-2H3. The van der Waals surface area contributed by atoms with Gasteiger partial charge in [-0.3, -0.25) is 9.80 Å². The lowest BCUT2D eigenvalue weighted by molar-refractivity contribution is 0.120. The Hall–Kier alpha value is -1.37. The lowest BCUT2D eigenvalue weighted by atomic mass is 10.0. The van der Waals surface area contributed by atoms with E-state index in [0.717, 1.165) is 13.1 Å². The highest BCUT2D eigenvalue weighted by Gasteiger charge is 2.23. The molecule has 0 N–H and O–H groups in total. The number of benzene rings is 1. The predicted molar refractivity (Wildman–Crippen MR) is 77.7 cm³/mol. The molecule has 19 heavy (non-hydrogen) atoms. The molecule has 1 aliphatic heterocycles. The summed E-state index contributed by atoms with van der Waals surface area (Å²) in [6.07, 6.45) is 2.44. The Morgan fingerprint density at radius 1 is 1.42 bits per heavy atom. The van der Waals surface area contributed by atoms with Gasteiger partial charge in [-0.2, -0.15) is 5.26 Å². The Balaban J connectivity index is 1.95. The van der Waals surface area contributed by atoms with Crippen LogP contribution in [-0.2, 0) is 6.54 Å². The highest BCUT2D eigenvalue weighted by atomic mass is 15.2. The van der Waals surface area contributed by atoms with E-state index in [4.69, 9.17) is 5.26 Å². The molecule has 0 aromatic heterocycles. The second-order valence-corrected chi connectivity index (χ2v) is 5.53. The third-order valence-corrected chi connectivity index (χ3v) is 4.08. The van der Waals surface area contributed by atoms with Gasteiger partial charge in [-0.25, -0.2) is 0 Å². The number of piperidine rings is 1. The van der Waals surface area contributed by atoms with Gasteiger partial charge < -0.3 is 0 Å². The molecule has 0 radical (unpaired) electrons. The first-order valence-electron chi connectivity index (χ1n) is 7.04. The number of rotatable bonds is 4. The van der Waals surface area contributed by atoms with Crippen LogP contribution in [0.15, 0.2) is 24.3 Å². The van der Waals surface area contributed by atoms with Crippen molar-refractivity contribution in [1.29, 1.82) is 5.26 Å². The number of hydrogen-bond donors (Lipinski definition) is 0. The predicted octanol–water partition coefficient (Wildman–Crippen LogP) is 2.41. The van der Waals surface area contributed by atoms with E-state index in [9.17, 15) is 0 Å². The molecule has 1 heterocycles. The zero-order valence-corrected chi connectivity index (χ0v) is 12.0. The van der Waals surface area contributed by atoms with Crippen molar-refractivity contribution in [1.82, 2.24) is 9.80 Å². The van der Waals surface area contributed by atoms with Crippen LogP contribution in [0.5, 0.6) is 0 Å². The topological polar surface area (TPSA) is 30.3 Å². The lowest BCUT2D eigenvalue weighted by Crippen LogP contribution is -2.46. The maximum atomic E-state index is 8.80. The van der Waals surface area contributed by atoms with Crippen LogP contribution in [0.1, 0.15) is 24.0 Å². The molecule has 2 rings (SSSR count). The molecule has 1 saturated heterocycles. The van der Waals surface area contributed by atoms with E-state index in [1.807, 2.05) is 0 Å². The van der Waals surface area contributed by atoms with Gasteiger partial charge in [0.15, 0.2) is 0 Å². The second kappa shape index (κ2) is 6.70. The highest BCUT2D eigenvalue weighted by Crippen LogP contribution is 2.18. The average Bonchev–Trinajstić information content (AvgIpc) is 2.42. The van der Waals surface area contributed by atoms with Crippen LogP contribution in [0.4, 0.5) is 0 Å². The van der Waals surface area contributed by atoms with Gasteiger partial charge in [-0.05, 0) is 44.5 Å². The molecule has 0 bridgehead atoms. The fourth-order valence-corrected chi connectivity index (χ4v) is 2.80. The molecule has 3 heteroatoms. The molecule has 1 aromatic rings. The van der Waals surface area contributed by atoms with Crippen molar-refractivity contribution in [2.24, 2.45) is 0 Å². The molecule has 1 aromatic carbocycles. The first-order chi connectivity index (χ1) is 9.20. The van der Waals surface area contributed by atoms with Gasteiger partial charge in [0.2, 0.25) is 0 Å². The molecule has 0 saturated carbocycles. The number of hydrogen-bond acceptors (Lipinski definition) is 3. The SMILES string of the molecule is Cc1ccccc1CN1CCCC(N(C)CC#N)C1. The maximum Gasteiger partial charge on any atom is 0.0866 e. The Kier molecular flexibility index (Phi) is 4.95. The monoisotopic (exact) mass is 257 g/mol. The van der Waals surface area contributed by atoms with Crippen LogP contribution >= 0.6 is 0 Å². The smallest absolute Gasteiger partial charge is 0.0866 e. The third-order valence-electron chi connectivity index (χ3n) is 4.08. The molecule has 1 aliphatic rings. The van der Waals surface area contributed by atoms with Crippen molar-refractivity contribution < 1.29 is 0 Å². The number of aryl methyl sites for hydroxylation is 1. The largest absolute Gasteiger partial charge is 0.298 e. The number of nitrogens with zero attached hydrogens (tertiary/aromatic N) is 3. The molecule has 1 unspecified atom stereocenters. The van der Waals surface area contributed by atoms with E-state index >= 15 is 0 Å². The van der Waals surface area contributed by atoms with Crippen LogP contribution in [0.25, 0.3) is 0 Å². The molecule has 102 valence electrons. The molecule has 1 fully saturated rings. The number of likely N-dealkylation sites (N-methyl/N-ethyl adjacent to an activating group) is 1. The van der Waals surface area contributed by atoms with Gasteiger partial charge >= 0.3 is 0 Å². The minimum absolute atomic E-state index is 0.525. The second-order valence-electron chi connectivity index (χ2n) is 5.53. The van der Waals surface area contributed by atoms with Gasteiger partial charge in [-0.1, -0.05) is 24.3 Å². The number of likely N-dealkylation sites (tertiary alicyclic amines) is 1. The van der Waals surface area contributed by atoms with E-state index in [0.29, 0.717) is 12.6 Å². The minimum Gasteiger partial charge on any atom is -0.298 e. The first kappa shape index (κ1) is 14.0. The van der Waals surface area contributed by atoms with Crippen LogP contribution < -0.4 is 0 Å². The minimum atomic E-state index is 0.525. The summed E-state index contributed by atoms with van der Waals surface area (Å²) in [7, 11) is 2.06. The van der Waals surface area contributed by atoms with Crippen LogP contribution in [0.2, 0.25) is 0 Å². The van der Waals surface area contributed by atoms with E-state index in [1.54, 1.807) is 0 Å².